The van der Waals surface area contributed by atoms with Crippen LogP contribution in [-0.4, -0.2) is 46.6 Å². The van der Waals surface area contributed by atoms with E-state index in [0.29, 0.717) is 33.6 Å². The number of carbonyl (C=O) groups is 2. The van der Waals surface area contributed by atoms with Gasteiger partial charge in [0.05, 0.1) is 24.8 Å². The van der Waals surface area contributed by atoms with E-state index in [2.05, 4.69) is 15.5 Å². The minimum Gasteiger partial charge on any atom is -0.497 e. The molecule has 3 heterocycles. The molecule has 4 aromatic rings. The third kappa shape index (κ3) is 5.01. The fourth-order valence-electron chi connectivity index (χ4n) is 3.30. The first-order valence-electron chi connectivity index (χ1n) is 10.3. The van der Waals surface area contributed by atoms with E-state index in [1.54, 1.807) is 18.4 Å². The Morgan fingerprint density at radius 2 is 1.91 bits per heavy atom. The van der Waals surface area contributed by atoms with Crippen molar-refractivity contribution in [3.8, 4) is 27.6 Å². The Kier molecular flexibility index (Phi) is 7.66. The highest BCUT2D eigenvalue weighted by Gasteiger charge is 2.23. The standard InChI is InChI=1S/C23H22N4O4S3/c1-4-27-20(17-6-5-11-32-17)25-26-23(27)34-13-18(28)24-21-19(22(29)31-3)16(12-33-21)14-7-9-15(30-2)10-8-14/h5-12H,4,13H2,1-3H3,(H,24,28). The minimum atomic E-state index is -0.513. The van der Waals surface area contributed by atoms with Crippen LogP contribution in [0.15, 0.2) is 52.3 Å². The Morgan fingerprint density at radius 1 is 1.12 bits per heavy atom. The van der Waals surface area contributed by atoms with Gasteiger partial charge in [0, 0.05) is 17.5 Å². The number of nitrogens with zero attached hydrogens (tertiary/aromatic N) is 3. The number of amides is 1. The predicted octanol–water partition coefficient (Wildman–Crippen LogP) is 5.28. The van der Waals surface area contributed by atoms with Gasteiger partial charge in [-0.3, -0.25) is 4.79 Å². The molecule has 1 aromatic carbocycles. The van der Waals surface area contributed by atoms with Crippen LogP contribution >= 0.6 is 34.4 Å². The summed E-state index contributed by atoms with van der Waals surface area (Å²) in [6, 6.07) is 11.3. The predicted molar refractivity (Wildman–Crippen MR) is 136 cm³/mol. The van der Waals surface area contributed by atoms with E-state index in [4.69, 9.17) is 9.47 Å². The van der Waals surface area contributed by atoms with Crippen molar-refractivity contribution in [1.82, 2.24) is 14.8 Å². The van der Waals surface area contributed by atoms with Crippen LogP contribution in [0.5, 0.6) is 5.75 Å². The van der Waals surface area contributed by atoms with Gasteiger partial charge in [0.25, 0.3) is 0 Å². The van der Waals surface area contributed by atoms with Crippen LogP contribution in [0.4, 0.5) is 5.00 Å². The second-order valence-electron chi connectivity index (χ2n) is 6.94. The van der Waals surface area contributed by atoms with Crippen LogP contribution in [0.1, 0.15) is 17.3 Å². The van der Waals surface area contributed by atoms with Gasteiger partial charge in [-0.1, -0.05) is 30.0 Å². The minimum absolute atomic E-state index is 0.124. The first kappa shape index (κ1) is 24.0. The van der Waals surface area contributed by atoms with Gasteiger partial charge in [-0.2, -0.15) is 0 Å². The van der Waals surface area contributed by atoms with Gasteiger partial charge in [-0.05, 0) is 36.1 Å². The lowest BCUT2D eigenvalue weighted by molar-refractivity contribution is -0.113. The van der Waals surface area contributed by atoms with Crippen molar-refractivity contribution in [2.24, 2.45) is 0 Å². The molecule has 0 saturated carbocycles. The van der Waals surface area contributed by atoms with Gasteiger partial charge in [0.15, 0.2) is 11.0 Å². The lowest BCUT2D eigenvalue weighted by Gasteiger charge is -2.09. The van der Waals surface area contributed by atoms with E-state index in [1.807, 2.05) is 58.6 Å². The summed E-state index contributed by atoms with van der Waals surface area (Å²) < 4.78 is 12.2. The third-order valence-corrected chi connectivity index (χ3v) is 7.67. The number of methoxy groups -OCH3 is 2. The van der Waals surface area contributed by atoms with Crippen molar-refractivity contribution < 1.29 is 19.1 Å². The molecule has 0 aliphatic heterocycles. The molecule has 0 unspecified atom stereocenters. The molecule has 3 aromatic heterocycles. The number of hydrogen-bond acceptors (Lipinski definition) is 9. The highest BCUT2D eigenvalue weighted by atomic mass is 32.2. The van der Waals surface area contributed by atoms with Gasteiger partial charge in [0.2, 0.25) is 5.91 Å². The molecular weight excluding hydrogens is 492 g/mol. The SMILES string of the molecule is CCn1c(SCC(=O)Nc2scc(-c3ccc(OC)cc3)c2C(=O)OC)nnc1-c1cccs1. The largest absolute Gasteiger partial charge is 0.497 e. The van der Waals surface area contributed by atoms with Crippen LogP contribution in [-0.2, 0) is 16.1 Å². The number of benzene rings is 1. The summed E-state index contributed by atoms with van der Waals surface area (Å²) >= 11 is 4.17. The number of thioether (sulfide) groups is 1. The molecular formula is C23H22N4O4S3. The van der Waals surface area contributed by atoms with E-state index in [9.17, 15) is 9.59 Å². The Hall–Kier alpha value is -3.15. The highest BCUT2D eigenvalue weighted by molar-refractivity contribution is 7.99. The van der Waals surface area contributed by atoms with Crippen molar-refractivity contribution in [3.05, 3.63) is 52.7 Å². The Bertz CT molecular complexity index is 1280. The zero-order chi connectivity index (χ0) is 24.1. The van der Waals surface area contributed by atoms with Crippen LogP contribution < -0.4 is 10.1 Å². The lowest BCUT2D eigenvalue weighted by atomic mass is 10.0. The molecule has 0 radical (unpaired) electrons. The fourth-order valence-corrected chi connectivity index (χ4v) is 5.79. The van der Waals surface area contributed by atoms with Crippen molar-refractivity contribution in [3.63, 3.8) is 0 Å². The number of hydrogen-bond donors (Lipinski definition) is 1. The zero-order valence-corrected chi connectivity index (χ0v) is 21.2. The van der Waals surface area contributed by atoms with Crippen molar-refractivity contribution in [2.75, 3.05) is 25.3 Å². The summed E-state index contributed by atoms with van der Waals surface area (Å²) in [5.41, 5.74) is 1.84. The van der Waals surface area contributed by atoms with Gasteiger partial charge in [0.1, 0.15) is 16.3 Å². The molecule has 0 aliphatic rings. The van der Waals surface area contributed by atoms with E-state index in [-0.39, 0.29) is 11.7 Å². The summed E-state index contributed by atoms with van der Waals surface area (Å²) in [4.78, 5) is 26.3. The normalized spacial score (nSPS) is 10.8. The summed E-state index contributed by atoms with van der Waals surface area (Å²) in [5.74, 6) is 0.865. The molecule has 0 saturated heterocycles. The molecule has 0 fully saturated rings. The maximum absolute atomic E-state index is 12.8. The number of aromatic nitrogens is 3. The molecule has 34 heavy (non-hydrogen) atoms. The molecule has 0 atom stereocenters. The summed E-state index contributed by atoms with van der Waals surface area (Å²) in [6.45, 7) is 2.70. The Balaban J connectivity index is 1.50. The second kappa shape index (κ2) is 10.9. The number of carbonyl (C=O) groups excluding carboxylic acids is 2. The zero-order valence-electron chi connectivity index (χ0n) is 18.7. The summed E-state index contributed by atoms with van der Waals surface area (Å²) in [6.07, 6.45) is 0. The number of thiophene rings is 2. The van der Waals surface area contributed by atoms with E-state index < -0.39 is 5.97 Å². The fraction of sp³-hybridized carbons (Fsp3) is 0.217. The summed E-state index contributed by atoms with van der Waals surface area (Å²) in [7, 11) is 2.92. The lowest BCUT2D eigenvalue weighted by Crippen LogP contribution is -2.16. The van der Waals surface area contributed by atoms with Crippen molar-refractivity contribution in [1.29, 1.82) is 0 Å². The third-order valence-electron chi connectivity index (χ3n) is 4.94. The van der Waals surface area contributed by atoms with E-state index in [0.717, 1.165) is 16.3 Å². The van der Waals surface area contributed by atoms with Crippen LogP contribution in [0, 0.1) is 0 Å². The molecule has 0 aliphatic carbocycles. The summed E-state index contributed by atoms with van der Waals surface area (Å²) in [5, 5.41) is 16.3. The van der Waals surface area contributed by atoms with Gasteiger partial charge in [-0.25, -0.2) is 4.79 Å². The number of esters is 1. The smallest absolute Gasteiger partial charge is 0.341 e. The molecule has 176 valence electrons. The quantitative estimate of drug-likeness (QED) is 0.240. The second-order valence-corrected chi connectivity index (χ2v) is 9.71. The highest BCUT2D eigenvalue weighted by Crippen LogP contribution is 2.37. The van der Waals surface area contributed by atoms with Crippen LogP contribution in [0.2, 0.25) is 0 Å². The first-order valence-corrected chi connectivity index (χ1v) is 13.0. The number of anilines is 1. The topological polar surface area (TPSA) is 95.3 Å². The van der Waals surface area contributed by atoms with Gasteiger partial charge < -0.3 is 19.4 Å². The maximum Gasteiger partial charge on any atom is 0.341 e. The monoisotopic (exact) mass is 514 g/mol. The van der Waals surface area contributed by atoms with Crippen LogP contribution in [0.3, 0.4) is 0 Å². The molecule has 0 bridgehead atoms. The van der Waals surface area contributed by atoms with Crippen molar-refractivity contribution >= 4 is 51.3 Å². The molecule has 4 rings (SSSR count). The Morgan fingerprint density at radius 3 is 2.56 bits per heavy atom. The van der Waals surface area contributed by atoms with Crippen molar-refractivity contribution in [2.45, 2.75) is 18.6 Å². The van der Waals surface area contributed by atoms with Gasteiger partial charge in [-0.15, -0.1) is 32.9 Å². The number of rotatable bonds is 9. The molecule has 11 heteroatoms. The molecule has 1 N–H and O–H groups in total. The maximum atomic E-state index is 12.8. The molecule has 0 spiro atoms. The number of ether oxygens (including phenoxy) is 2. The Labute approximate surface area is 208 Å². The first-order chi connectivity index (χ1) is 16.5. The molecule has 1 amide bonds. The average Bonchev–Trinajstić information content (AvgIpc) is 3.61. The average molecular weight is 515 g/mol. The molecule has 8 nitrogen and oxygen atoms in total. The van der Waals surface area contributed by atoms with E-state index in [1.165, 1.54) is 30.2 Å². The van der Waals surface area contributed by atoms with E-state index >= 15 is 0 Å². The van der Waals surface area contributed by atoms with Crippen LogP contribution in [0.25, 0.3) is 21.8 Å². The number of nitrogens with one attached hydrogen (secondary N) is 1. The van der Waals surface area contributed by atoms with Gasteiger partial charge >= 0.3 is 5.97 Å².